The van der Waals surface area contributed by atoms with Crippen LogP contribution in [0, 0.1) is 0 Å². The number of nitrogens with one attached hydrogen (secondary N) is 1. The topological polar surface area (TPSA) is 50.7 Å². The highest BCUT2D eigenvalue weighted by Gasteiger charge is 2.08. The van der Waals surface area contributed by atoms with Crippen molar-refractivity contribution in [1.82, 2.24) is 5.32 Å². The Morgan fingerprint density at radius 2 is 1.76 bits per heavy atom. The molecule has 4 nitrogen and oxygen atoms in total. The Kier molecular flexibility index (Phi) is 7.85. The first kappa shape index (κ1) is 19.9. The summed E-state index contributed by atoms with van der Waals surface area (Å²) in [6.07, 6.45) is -0.375. The molecule has 0 saturated carbocycles. The fraction of sp³-hybridized carbons (Fsp3) is 0.368. The van der Waals surface area contributed by atoms with Crippen LogP contribution in [0.25, 0.3) is 0 Å². The van der Waals surface area contributed by atoms with Gasteiger partial charge in [0, 0.05) is 13.1 Å². The molecule has 0 amide bonds. The van der Waals surface area contributed by atoms with E-state index >= 15 is 0 Å². The number of hydrogen-bond acceptors (Lipinski definition) is 4. The summed E-state index contributed by atoms with van der Waals surface area (Å²) in [5, 5.41) is 13.5. The first-order valence-electron chi connectivity index (χ1n) is 8.20. The molecule has 2 N–H and O–H groups in total. The van der Waals surface area contributed by atoms with E-state index in [1.807, 2.05) is 31.2 Å². The molecule has 0 aliphatic heterocycles. The van der Waals surface area contributed by atoms with Gasteiger partial charge < -0.3 is 19.9 Å². The van der Waals surface area contributed by atoms with E-state index in [2.05, 4.69) is 5.32 Å². The molecule has 136 valence electrons. The molecule has 0 aliphatic carbocycles. The standard InChI is InChI=1S/C19H23Cl2NO3/c1-3-24-19-9-14(11-22-10-13(2)23)5-7-18(19)25-12-15-4-6-16(20)17(21)8-15/h4-9,13,22-23H,3,10-12H2,1-2H3/t13-/m1/s1. The summed E-state index contributed by atoms with van der Waals surface area (Å²) in [5.74, 6) is 1.37. The minimum absolute atomic E-state index is 0.372. The maximum atomic E-state index is 9.30. The van der Waals surface area contributed by atoms with Gasteiger partial charge in [0.1, 0.15) is 6.61 Å². The zero-order valence-corrected chi connectivity index (χ0v) is 15.9. The van der Waals surface area contributed by atoms with Crippen molar-refractivity contribution in [1.29, 1.82) is 0 Å². The number of hydrogen-bond donors (Lipinski definition) is 2. The van der Waals surface area contributed by atoms with E-state index in [1.165, 1.54) is 0 Å². The fourth-order valence-electron chi connectivity index (χ4n) is 2.27. The minimum atomic E-state index is -0.375. The van der Waals surface area contributed by atoms with E-state index in [-0.39, 0.29) is 6.10 Å². The zero-order chi connectivity index (χ0) is 18.2. The van der Waals surface area contributed by atoms with E-state index in [0.717, 1.165) is 11.1 Å². The van der Waals surface area contributed by atoms with Gasteiger partial charge in [-0.2, -0.15) is 0 Å². The van der Waals surface area contributed by atoms with Crippen LogP contribution < -0.4 is 14.8 Å². The molecular weight excluding hydrogens is 361 g/mol. The highest BCUT2D eigenvalue weighted by Crippen LogP contribution is 2.30. The summed E-state index contributed by atoms with van der Waals surface area (Å²) in [6.45, 7) is 5.79. The zero-order valence-electron chi connectivity index (χ0n) is 14.4. The third kappa shape index (κ3) is 6.40. The van der Waals surface area contributed by atoms with Gasteiger partial charge in [-0.3, -0.25) is 0 Å². The lowest BCUT2D eigenvalue weighted by Crippen LogP contribution is -2.23. The van der Waals surface area contributed by atoms with Crippen LogP contribution in [0.4, 0.5) is 0 Å². The second-order valence-corrected chi connectivity index (χ2v) is 6.55. The van der Waals surface area contributed by atoms with Crippen LogP contribution in [0.3, 0.4) is 0 Å². The summed E-state index contributed by atoms with van der Waals surface area (Å²) >= 11 is 12.0. The molecule has 2 rings (SSSR count). The molecule has 1 atom stereocenters. The number of ether oxygens (including phenoxy) is 2. The minimum Gasteiger partial charge on any atom is -0.490 e. The first-order chi connectivity index (χ1) is 12.0. The number of rotatable bonds is 9. The van der Waals surface area contributed by atoms with Gasteiger partial charge in [-0.25, -0.2) is 0 Å². The first-order valence-corrected chi connectivity index (χ1v) is 8.96. The molecule has 0 aromatic heterocycles. The maximum Gasteiger partial charge on any atom is 0.161 e. The fourth-order valence-corrected chi connectivity index (χ4v) is 2.59. The Labute approximate surface area is 158 Å². The Bertz CT molecular complexity index is 692. The predicted octanol–water partition coefficient (Wildman–Crippen LogP) is 4.44. The highest BCUT2D eigenvalue weighted by atomic mass is 35.5. The monoisotopic (exact) mass is 383 g/mol. The van der Waals surface area contributed by atoms with Crippen molar-refractivity contribution in [2.24, 2.45) is 0 Å². The van der Waals surface area contributed by atoms with Crippen molar-refractivity contribution in [3.63, 3.8) is 0 Å². The lowest BCUT2D eigenvalue weighted by Gasteiger charge is -2.14. The van der Waals surface area contributed by atoms with Crippen LogP contribution in [0.5, 0.6) is 11.5 Å². The quantitative estimate of drug-likeness (QED) is 0.671. The van der Waals surface area contributed by atoms with Crippen molar-refractivity contribution < 1.29 is 14.6 Å². The van der Waals surface area contributed by atoms with Crippen LogP contribution in [0.2, 0.25) is 10.0 Å². The second kappa shape index (κ2) is 9.88. The van der Waals surface area contributed by atoms with E-state index in [9.17, 15) is 5.11 Å². The number of aliphatic hydroxyl groups is 1. The lowest BCUT2D eigenvalue weighted by atomic mass is 10.2. The van der Waals surface area contributed by atoms with Gasteiger partial charge in [0.15, 0.2) is 11.5 Å². The molecular formula is C19H23Cl2NO3. The van der Waals surface area contributed by atoms with Crippen molar-refractivity contribution in [2.75, 3.05) is 13.2 Å². The van der Waals surface area contributed by atoms with Crippen molar-refractivity contribution >= 4 is 23.2 Å². The Balaban J connectivity index is 2.04. The van der Waals surface area contributed by atoms with Crippen molar-refractivity contribution in [3.8, 4) is 11.5 Å². The SMILES string of the molecule is CCOc1cc(CNC[C@@H](C)O)ccc1OCc1ccc(Cl)c(Cl)c1. The van der Waals surface area contributed by atoms with Crippen LogP contribution in [0.1, 0.15) is 25.0 Å². The average Bonchev–Trinajstić information content (AvgIpc) is 2.57. The summed E-state index contributed by atoms with van der Waals surface area (Å²) in [5.41, 5.74) is 1.99. The molecule has 0 heterocycles. The highest BCUT2D eigenvalue weighted by molar-refractivity contribution is 6.42. The molecule has 0 bridgehead atoms. The van der Waals surface area contributed by atoms with Gasteiger partial charge in [0.25, 0.3) is 0 Å². The maximum absolute atomic E-state index is 9.30. The molecule has 0 radical (unpaired) electrons. The molecule has 6 heteroatoms. The molecule has 0 aliphatic rings. The summed E-state index contributed by atoms with van der Waals surface area (Å²) in [7, 11) is 0. The van der Waals surface area contributed by atoms with E-state index in [0.29, 0.717) is 47.8 Å². The molecule has 0 spiro atoms. The van der Waals surface area contributed by atoms with Crippen LogP contribution in [0.15, 0.2) is 36.4 Å². The van der Waals surface area contributed by atoms with Crippen LogP contribution >= 0.6 is 23.2 Å². The molecule has 0 unspecified atom stereocenters. The predicted molar refractivity (Wildman–Crippen MR) is 102 cm³/mol. The van der Waals surface area contributed by atoms with Gasteiger partial charge in [-0.15, -0.1) is 0 Å². The third-order valence-corrected chi connectivity index (χ3v) is 4.19. The van der Waals surface area contributed by atoms with Gasteiger partial charge in [-0.05, 0) is 49.2 Å². The molecule has 2 aromatic rings. The van der Waals surface area contributed by atoms with Gasteiger partial charge in [0.2, 0.25) is 0 Å². The van der Waals surface area contributed by atoms with E-state index in [1.54, 1.807) is 19.1 Å². The van der Waals surface area contributed by atoms with Crippen LogP contribution in [-0.2, 0) is 13.2 Å². The van der Waals surface area contributed by atoms with E-state index < -0.39 is 0 Å². The van der Waals surface area contributed by atoms with Crippen molar-refractivity contribution in [2.45, 2.75) is 33.1 Å². The number of aliphatic hydroxyl groups excluding tert-OH is 1. The number of halogens is 2. The largest absolute Gasteiger partial charge is 0.490 e. The Hall–Kier alpha value is -1.46. The lowest BCUT2D eigenvalue weighted by molar-refractivity contribution is 0.191. The van der Waals surface area contributed by atoms with Gasteiger partial charge in [-0.1, -0.05) is 35.3 Å². The Morgan fingerprint density at radius 3 is 2.44 bits per heavy atom. The van der Waals surface area contributed by atoms with Crippen LogP contribution in [-0.4, -0.2) is 24.4 Å². The second-order valence-electron chi connectivity index (χ2n) is 5.73. The summed E-state index contributed by atoms with van der Waals surface area (Å²) < 4.78 is 11.6. The number of benzene rings is 2. The molecule has 0 fully saturated rings. The smallest absolute Gasteiger partial charge is 0.161 e. The molecule has 0 saturated heterocycles. The Morgan fingerprint density at radius 1 is 1.00 bits per heavy atom. The van der Waals surface area contributed by atoms with E-state index in [4.69, 9.17) is 32.7 Å². The van der Waals surface area contributed by atoms with Crippen molar-refractivity contribution in [3.05, 3.63) is 57.6 Å². The summed E-state index contributed by atoms with van der Waals surface area (Å²) in [6, 6.07) is 11.2. The van der Waals surface area contributed by atoms with Gasteiger partial charge >= 0.3 is 0 Å². The normalized spacial score (nSPS) is 12.0. The van der Waals surface area contributed by atoms with Gasteiger partial charge in [0.05, 0.1) is 22.8 Å². The summed E-state index contributed by atoms with van der Waals surface area (Å²) in [4.78, 5) is 0. The third-order valence-electron chi connectivity index (χ3n) is 3.46. The average molecular weight is 384 g/mol. The molecule has 25 heavy (non-hydrogen) atoms. The molecule has 2 aromatic carbocycles.